The van der Waals surface area contributed by atoms with Gasteiger partial charge in [0.05, 0.1) is 11.1 Å². The van der Waals surface area contributed by atoms with E-state index < -0.39 is 11.6 Å². The molecule has 4 aromatic rings. The number of carbonyl (C=O) groups is 1. The van der Waals surface area contributed by atoms with Crippen molar-refractivity contribution >= 4 is 43.4 Å². The van der Waals surface area contributed by atoms with E-state index in [1.54, 1.807) is 4.90 Å². The summed E-state index contributed by atoms with van der Waals surface area (Å²) in [6, 6.07) is 16.0. The Labute approximate surface area is 190 Å². The highest BCUT2D eigenvalue weighted by Crippen LogP contribution is 2.32. The predicted octanol–water partition coefficient (Wildman–Crippen LogP) is 5.65. The lowest BCUT2D eigenvalue weighted by molar-refractivity contribution is -0.118. The van der Waals surface area contributed by atoms with Crippen LogP contribution in [0.1, 0.15) is 19.4 Å². The first-order chi connectivity index (χ1) is 15.5. The van der Waals surface area contributed by atoms with Crippen molar-refractivity contribution in [3.05, 3.63) is 71.8 Å². The van der Waals surface area contributed by atoms with Crippen LogP contribution in [-0.2, 0) is 11.2 Å². The molecule has 1 heterocycles. The van der Waals surface area contributed by atoms with Gasteiger partial charge in [0.2, 0.25) is 5.91 Å². The molecule has 0 atom stereocenters. The van der Waals surface area contributed by atoms with E-state index in [1.807, 2.05) is 42.5 Å². The Morgan fingerprint density at radius 2 is 1.75 bits per heavy atom. The Kier molecular flexibility index (Phi) is 6.77. The number of benzene rings is 3. The number of carbonyl (C=O) groups excluding carboxylic acids is 1. The normalized spacial score (nSPS) is 11.5. The highest BCUT2D eigenvalue weighted by atomic mass is 32.1. The lowest BCUT2D eigenvalue weighted by Crippen LogP contribution is -2.39. The first kappa shape index (κ1) is 22.3. The first-order valence-electron chi connectivity index (χ1n) is 10.7. The topological polar surface area (TPSA) is 36.4 Å². The van der Waals surface area contributed by atoms with E-state index in [4.69, 9.17) is 0 Å². The Bertz CT molecular complexity index is 1250. The van der Waals surface area contributed by atoms with Crippen molar-refractivity contribution in [2.45, 2.75) is 20.3 Å². The van der Waals surface area contributed by atoms with Crippen molar-refractivity contribution < 1.29 is 13.6 Å². The molecule has 0 unspecified atom stereocenters. The van der Waals surface area contributed by atoms with Crippen LogP contribution in [0.15, 0.2) is 54.6 Å². The summed E-state index contributed by atoms with van der Waals surface area (Å²) in [6.07, 6.45) is 0.201. The molecule has 166 valence electrons. The molecular weight excluding hydrogens is 428 g/mol. The minimum absolute atomic E-state index is 0.0946. The van der Waals surface area contributed by atoms with E-state index in [-0.39, 0.29) is 17.8 Å². The van der Waals surface area contributed by atoms with Crippen molar-refractivity contribution in [3.8, 4) is 0 Å². The smallest absolute Gasteiger partial charge is 0.233 e. The van der Waals surface area contributed by atoms with Crippen LogP contribution < -0.4 is 4.90 Å². The lowest BCUT2D eigenvalue weighted by Gasteiger charge is -2.25. The zero-order valence-corrected chi connectivity index (χ0v) is 19.0. The minimum atomic E-state index is -0.715. The molecular formula is C25H25F2N3OS. The van der Waals surface area contributed by atoms with Crippen LogP contribution in [0.2, 0.25) is 0 Å². The van der Waals surface area contributed by atoms with Gasteiger partial charge in [-0.25, -0.2) is 13.8 Å². The second kappa shape index (κ2) is 9.71. The maximum atomic E-state index is 14.3. The Balaban J connectivity index is 1.68. The molecule has 1 amide bonds. The molecule has 4 rings (SSSR count). The molecule has 0 aliphatic carbocycles. The first-order valence-corrected chi connectivity index (χ1v) is 11.6. The monoisotopic (exact) mass is 453 g/mol. The summed E-state index contributed by atoms with van der Waals surface area (Å²) in [6.45, 7) is 6.96. The molecule has 4 nitrogen and oxygen atoms in total. The molecule has 0 saturated heterocycles. The Morgan fingerprint density at radius 3 is 2.53 bits per heavy atom. The molecule has 0 fully saturated rings. The zero-order valence-electron chi connectivity index (χ0n) is 18.1. The fourth-order valence-electron chi connectivity index (χ4n) is 3.87. The molecule has 0 saturated carbocycles. The molecule has 7 heteroatoms. The summed E-state index contributed by atoms with van der Waals surface area (Å²) in [5.41, 5.74) is 1.02. The summed E-state index contributed by atoms with van der Waals surface area (Å²) in [5.74, 6) is -1.48. The number of likely N-dealkylation sites (N-methyl/N-ethyl adjacent to an activating group) is 1. The third kappa shape index (κ3) is 4.64. The number of aromatic nitrogens is 1. The van der Waals surface area contributed by atoms with Crippen LogP contribution in [0.25, 0.3) is 21.0 Å². The molecule has 1 aromatic heterocycles. The summed E-state index contributed by atoms with van der Waals surface area (Å²) in [4.78, 5) is 21.7. The van der Waals surface area contributed by atoms with Crippen molar-refractivity contribution in [1.82, 2.24) is 9.88 Å². The molecule has 0 radical (unpaired) electrons. The van der Waals surface area contributed by atoms with Crippen LogP contribution in [0.5, 0.6) is 0 Å². The van der Waals surface area contributed by atoms with E-state index in [9.17, 15) is 13.6 Å². The van der Waals surface area contributed by atoms with Crippen LogP contribution in [0.3, 0.4) is 0 Å². The number of rotatable bonds is 8. The van der Waals surface area contributed by atoms with Crippen LogP contribution >= 0.6 is 11.3 Å². The van der Waals surface area contributed by atoms with Gasteiger partial charge in [0, 0.05) is 19.2 Å². The van der Waals surface area contributed by atoms with Crippen LogP contribution in [-0.4, -0.2) is 42.0 Å². The van der Waals surface area contributed by atoms with Gasteiger partial charge < -0.3 is 4.90 Å². The largest absolute Gasteiger partial charge is 0.302 e. The standard InChI is InChI=1S/C25H25F2N3OS/c1-3-29(4-2)12-13-30(25-28-24-21(27)15-19(26)16-22(24)32-25)23(31)14-18-10-7-9-17-8-5-6-11-20(17)18/h5-11,15-16H,3-4,12-14H2,1-2H3. The third-order valence-corrected chi connectivity index (χ3v) is 6.72. The summed E-state index contributed by atoms with van der Waals surface area (Å²) >= 11 is 1.14. The van der Waals surface area contributed by atoms with Crippen molar-refractivity contribution in [2.24, 2.45) is 0 Å². The second-order valence-electron chi connectivity index (χ2n) is 7.62. The van der Waals surface area contributed by atoms with E-state index in [2.05, 4.69) is 23.7 Å². The third-order valence-electron chi connectivity index (χ3n) is 5.69. The van der Waals surface area contributed by atoms with E-state index >= 15 is 0 Å². The van der Waals surface area contributed by atoms with Gasteiger partial charge in [-0.05, 0) is 35.5 Å². The van der Waals surface area contributed by atoms with Gasteiger partial charge in [-0.3, -0.25) is 9.69 Å². The molecule has 0 aliphatic rings. The van der Waals surface area contributed by atoms with E-state index in [0.29, 0.717) is 22.9 Å². The van der Waals surface area contributed by atoms with Crippen molar-refractivity contribution in [2.75, 3.05) is 31.1 Å². The maximum absolute atomic E-state index is 14.3. The van der Waals surface area contributed by atoms with Gasteiger partial charge in [-0.2, -0.15) is 0 Å². The highest BCUT2D eigenvalue weighted by Gasteiger charge is 2.22. The summed E-state index contributed by atoms with van der Waals surface area (Å²) in [5, 5.41) is 2.50. The van der Waals surface area contributed by atoms with Crippen LogP contribution in [0, 0.1) is 11.6 Å². The van der Waals surface area contributed by atoms with Crippen molar-refractivity contribution in [3.63, 3.8) is 0 Å². The number of thiazole rings is 1. The Hall–Kier alpha value is -2.90. The highest BCUT2D eigenvalue weighted by molar-refractivity contribution is 7.22. The average Bonchev–Trinajstić information content (AvgIpc) is 3.21. The number of fused-ring (bicyclic) bond motifs is 2. The fraction of sp³-hybridized carbons (Fsp3) is 0.280. The van der Waals surface area contributed by atoms with Gasteiger partial charge in [-0.1, -0.05) is 67.6 Å². The second-order valence-corrected chi connectivity index (χ2v) is 8.63. The Morgan fingerprint density at radius 1 is 1.00 bits per heavy atom. The van der Waals surface area contributed by atoms with Gasteiger partial charge in [0.25, 0.3) is 0 Å². The van der Waals surface area contributed by atoms with Gasteiger partial charge in [-0.15, -0.1) is 0 Å². The number of amides is 1. The molecule has 0 bridgehead atoms. The average molecular weight is 454 g/mol. The molecule has 0 aliphatic heterocycles. The van der Waals surface area contributed by atoms with Gasteiger partial charge in [0.15, 0.2) is 10.9 Å². The van der Waals surface area contributed by atoms with Crippen molar-refractivity contribution in [1.29, 1.82) is 0 Å². The minimum Gasteiger partial charge on any atom is -0.302 e. The number of hydrogen-bond donors (Lipinski definition) is 0. The number of nitrogens with zero attached hydrogens (tertiary/aromatic N) is 3. The number of hydrogen-bond acceptors (Lipinski definition) is 4. The molecule has 32 heavy (non-hydrogen) atoms. The summed E-state index contributed by atoms with van der Waals surface area (Å²) < 4.78 is 28.4. The van der Waals surface area contributed by atoms with E-state index in [1.165, 1.54) is 6.07 Å². The van der Waals surface area contributed by atoms with E-state index in [0.717, 1.165) is 46.8 Å². The number of anilines is 1. The summed E-state index contributed by atoms with van der Waals surface area (Å²) in [7, 11) is 0. The molecule has 3 aromatic carbocycles. The van der Waals surface area contributed by atoms with Gasteiger partial charge in [0.1, 0.15) is 11.3 Å². The number of halogens is 2. The predicted molar refractivity (Wildman–Crippen MR) is 127 cm³/mol. The quantitative estimate of drug-likeness (QED) is 0.346. The lowest BCUT2D eigenvalue weighted by atomic mass is 10.0. The van der Waals surface area contributed by atoms with Gasteiger partial charge >= 0.3 is 0 Å². The maximum Gasteiger partial charge on any atom is 0.233 e. The molecule has 0 spiro atoms. The van der Waals surface area contributed by atoms with Crippen LogP contribution in [0.4, 0.5) is 13.9 Å². The molecule has 0 N–H and O–H groups in total. The SMILES string of the molecule is CCN(CC)CCN(C(=O)Cc1cccc2ccccc12)c1nc2c(F)cc(F)cc2s1. The fourth-order valence-corrected chi connectivity index (χ4v) is 4.92. The zero-order chi connectivity index (χ0) is 22.7.